The van der Waals surface area contributed by atoms with E-state index in [1.807, 2.05) is 0 Å². The van der Waals surface area contributed by atoms with E-state index < -0.39 is 8.56 Å². The third kappa shape index (κ3) is 10.6. The summed E-state index contributed by atoms with van der Waals surface area (Å²) in [4.78, 5) is 0. The van der Waals surface area contributed by atoms with Crippen LogP contribution >= 0.6 is 12.6 Å². The smallest absolute Gasteiger partial charge is 0.334 e. The fraction of sp³-hybridized carbons (Fsp3) is 1.00. The molecule has 6 heteroatoms. The zero-order valence-corrected chi connectivity index (χ0v) is 13.2. The molecule has 0 amide bonds. The molecule has 0 aliphatic carbocycles. The normalized spacial score (nSPS) is 10.8. The molecule has 0 spiro atoms. The van der Waals surface area contributed by atoms with Crippen molar-refractivity contribution in [2.45, 2.75) is 19.0 Å². The van der Waals surface area contributed by atoms with Crippen LogP contribution in [0.5, 0.6) is 0 Å². The lowest BCUT2D eigenvalue weighted by Gasteiger charge is -2.21. The van der Waals surface area contributed by atoms with Crippen LogP contribution < -0.4 is 0 Å². The first-order valence-electron chi connectivity index (χ1n) is 4.21. The van der Waals surface area contributed by atoms with Crippen LogP contribution in [0.25, 0.3) is 0 Å². The molecule has 0 aromatic heterocycles. The lowest BCUT2D eigenvalue weighted by Crippen LogP contribution is -2.35. The molecule has 0 radical (unpaired) electrons. The second-order valence-electron chi connectivity index (χ2n) is 2.78. The first kappa shape index (κ1) is 16.1. The van der Waals surface area contributed by atoms with E-state index in [1.54, 1.807) is 21.3 Å². The second-order valence-corrected chi connectivity index (χ2v) is 7.63. The minimum atomic E-state index is -1.77. The van der Waals surface area contributed by atoms with Crippen molar-refractivity contribution in [2.24, 2.45) is 0 Å². The van der Waals surface area contributed by atoms with Gasteiger partial charge in [-0.3, -0.25) is 0 Å². The van der Waals surface area contributed by atoms with Gasteiger partial charge in [0, 0.05) is 21.3 Å². The Balaban J connectivity index is 0. The summed E-state index contributed by atoms with van der Waals surface area (Å²) in [6, 6.07) is 1.03. The van der Waals surface area contributed by atoms with Gasteiger partial charge in [0.2, 0.25) is 0 Å². The van der Waals surface area contributed by atoms with Gasteiger partial charge in [-0.2, -0.15) is 12.6 Å². The Bertz CT molecular complexity index is 102. The lowest BCUT2D eigenvalue weighted by molar-refractivity contribution is 0.249. The van der Waals surface area contributed by atoms with Crippen molar-refractivity contribution < 1.29 is 13.3 Å². The Morgan fingerprint density at radius 3 is 1.85 bits per heavy atom. The van der Waals surface area contributed by atoms with Crippen molar-refractivity contribution in [3.05, 3.63) is 0 Å². The van der Waals surface area contributed by atoms with Crippen LogP contribution in [0, 0.1) is 0 Å². The fourth-order valence-corrected chi connectivity index (χ4v) is 2.54. The maximum absolute atomic E-state index is 5.27. The highest BCUT2D eigenvalue weighted by Crippen LogP contribution is 2.13. The minimum Gasteiger partial charge on any atom is -0.431 e. The molecule has 0 unspecified atom stereocenters. The Morgan fingerprint density at radius 2 is 1.62 bits per heavy atom. The maximum Gasteiger partial charge on any atom is 0.334 e. The van der Waals surface area contributed by atoms with E-state index in [4.69, 9.17) is 8.85 Å². The maximum atomic E-state index is 5.27. The monoisotopic (exact) mass is 242 g/mol. The van der Waals surface area contributed by atoms with E-state index in [0.717, 1.165) is 28.7 Å². The summed E-state index contributed by atoms with van der Waals surface area (Å²) in [6.45, 7) is 2.07. The summed E-state index contributed by atoms with van der Waals surface area (Å²) in [7, 11) is 4.22. The molecule has 0 aromatic rings. The highest BCUT2D eigenvalue weighted by Gasteiger charge is 2.27. The molecule has 0 bridgehead atoms. The standard InChI is InChI=1S/C6H16O2SSi.CH6OSi/c1-7-10(3,8-2)6-4-5-9;1-2-3/h9H,4-6H2,1-3H3;1,3H3. The number of rotatable bonds is 5. The van der Waals surface area contributed by atoms with E-state index >= 15 is 0 Å². The lowest BCUT2D eigenvalue weighted by atomic mass is 10.6. The Morgan fingerprint density at radius 1 is 1.23 bits per heavy atom. The van der Waals surface area contributed by atoms with Crippen molar-refractivity contribution in [1.82, 2.24) is 0 Å². The van der Waals surface area contributed by atoms with Gasteiger partial charge in [-0.05, 0) is 24.8 Å². The van der Waals surface area contributed by atoms with Crippen molar-refractivity contribution >= 4 is 31.7 Å². The topological polar surface area (TPSA) is 27.7 Å². The number of hydrogen-bond donors (Lipinski definition) is 1. The summed E-state index contributed by atoms with van der Waals surface area (Å²) in [5.74, 6) is 0.912. The van der Waals surface area contributed by atoms with Crippen molar-refractivity contribution in [1.29, 1.82) is 0 Å². The molecular formula is C7H22O3SSi2. The third-order valence-electron chi connectivity index (χ3n) is 1.65. The largest absolute Gasteiger partial charge is 0.431 e. The third-order valence-corrected chi connectivity index (χ3v) is 4.96. The molecule has 82 valence electrons. The summed E-state index contributed by atoms with van der Waals surface area (Å²) in [5.41, 5.74) is 0. The molecule has 0 atom stereocenters. The molecule has 0 fully saturated rings. The van der Waals surface area contributed by atoms with Gasteiger partial charge in [-0.1, -0.05) is 0 Å². The average molecular weight is 242 g/mol. The zero-order chi connectivity index (χ0) is 10.7. The molecule has 0 heterocycles. The Kier molecular flexibility index (Phi) is 13.3. The zero-order valence-electron chi connectivity index (χ0n) is 9.29. The van der Waals surface area contributed by atoms with Gasteiger partial charge in [-0.15, -0.1) is 0 Å². The molecule has 3 nitrogen and oxygen atoms in total. The van der Waals surface area contributed by atoms with Crippen molar-refractivity contribution in [3.63, 3.8) is 0 Å². The van der Waals surface area contributed by atoms with E-state index in [1.165, 1.54) is 0 Å². The van der Waals surface area contributed by atoms with Gasteiger partial charge in [-0.25, -0.2) is 0 Å². The first-order valence-corrected chi connectivity index (χ1v) is 8.18. The highest BCUT2D eigenvalue weighted by molar-refractivity contribution is 7.80. The van der Waals surface area contributed by atoms with Crippen molar-refractivity contribution in [3.8, 4) is 0 Å². The van der Waals surface area contributed by atoms with E-state index in [9.17, 15) is 0 Å². The highest BCUT2D eigenvalue weighted by atomic mass is 32.1. The van der Waals surface area contributed by atoms with Gasteiger partial charge >= 0.3 is 8.56 Å². The summed E-state index contributed by atoms with van der Waals surface area (Å²) < 4.78 is 14.9. The van der Waals surface area contributed by atoms with Gasteiger partial charge in [0.05, 0.1) is 0 Å². The summed E-state index contributed by atoms with van der Waals surface area (Å²) >= 11 is 4.12. The Labute approximate surface area is 91.4 Å². The first-order chi connectivity index (χ1) is 6.10. The molecule has 0 saturated carbocycles. The molecular weight excluding hydrogens is 220 g/mol. The van der Waals surface area contributed by atoms with Gasteiger partial charge < -0.3 is 13.3 Å². The van der Waals surface area contributed by atoms with Gasteiger partial charge in [0.15, 0.2) is 0 Å². The Hall–Kier alpha value is 0.664. The molecule has 0 rings (SSSR count). The van der Waals surface area contributed by atoms with E-state index in [-0.39, 0.29) is 0 Å². The quantitative estimate of drug-likeness (QED) is 0.565. The number of thiol groups is 1. The van der Waals surface area contributed by atoms with Crippen molar-refractivity contribution in [2.75, 3.05) is 27.1 Å². The second kappa shape index (κ2) is 10.7. The molecule has 0 aliphatic heterocycles. The minimum absolute atomic E-state index is 0.869. The van der Waals surface area contributed by atoms with Gasteiger partial charge in [0.25, 0.3) is 0 Å². The number of hydrogen-bond acceptors (Lipinski definition) is 4. The molecule has 0 aromatic carbocycles. The van der Waals surface area contributed by atoms with E-state index in [2.05, 4.69) is 23.6 Å². The predicted molar refractivity (Wildman–Crippen MR) is 65.9 cm³/mol. The van der Waals surface area contributed by atoms with Crippen LogP contribution in [0.2, 0.25) is 12.6 Å². The predicted octanol–water partition coefficient (Wildman–Crippen LogP) is 0.584. The summed E-state index contributed by atoms with van der Waals surface area (Å²) in [5, 5.41) is 0. The fourth-order valence-electron chi connectivity index (χ4n) is 0.688. The molecule has 13 heavy (non-hydrogen) atoms. The average Bonchev–Trinajstić information content (AvgIpc) is 2.15. The van der Waals surface area contributed by atoms with Crippen LogP contribution in [-0.4, -0.2) is 46.1 Å². The SMILES string of the molecule is CO[SiH3].CO[Si](C)(CCCS)OC. The van der Waals surface area contributed by atoms with Crippen LogP contribution in [-0.2, 0) is 13.3 Å². The molecule has 0 aliphatic rings. The van der Waals surface area contributed by atoms with Crippen LogP contribution in [0.4, 0.5) is 0 Å². The molecule has 0 saturated heterocycles. The summed E-state index contributed by atoms with van der Waals surface area (Å²) in [6.07, 6.45) is 1.08. The van der Waals surface area contributed by atoms with E-state index in [0.29, 0.717) is 0 Å². The van der Waals surface area contributed by atoms with Crippen LogP contribution in [0.1, 0.15) is 6.42 Å². The molecule has 0 N–H and O–H groups in total. The van der Waals surface area contributed by atoms with Crippen LogP contribution in [0.3, 0.4) is 0 Å². The van der Waals surface area contributed by atoms with Gasteiger partial charge in [0.1, 0.15) is 10.5 Å². The van der Waals surface area contributed by atoms with Crippen LogP contribution in [0.15, 0.2) is 0 Å².